The van der Waals surface area contributed by atoms with Crippen LogP contribution >= 0.6 is 0 Å². The molecule has 0 radical (unpaired) electrons. The molecule has 0 aliphatic heterocycles. The number of aryl methyl sites for hydroxylation is 1. The highest BCUT2D eigenvalue weighted by Gasteiger charge is 2.04. The van der Waals surface area contributed by atoms with Crippen molar-refractivity contribution in [3.8, 4) is 0 Å². The zero-order chi connectivity index (χ0) is 12.3. The first kappa shape index (κ1) is 11.4. The molecule has 17 heavy (non-hydrogen) atoms. The molecule has 2 rings (SSSR count). The van der Waals surface area contributed by atoms with Gasteiger partial charge in [0.2, 0.25) is 0 Å². The van der Waals surface area contributed by atoms with Gasteiger partial charge in [-0.1, -0.05) is 6.07 Å². The van der Waals surface area contributed by atoms with E-state index in [1.807, 2.05) is 17.8 Å². The van der Waals surface area contributed by atoms with E-state index in [1.165, 1.54) is 6.07 Å². The van der Waals surface area contributed by atoms with Crippen LogP contribution in [0.25, 0.3) is 0 Å². The van der Waals surface area contributed by atoms with Crippen molar-refractivity contribution in [1.29, 1.82) is 0 Å². The summed E-state index contributed by atoms with van der Waals surface area (Å²) < 4.78 is 15.1. The Kier molecular flexibility index (Phi) is 3.27. The lowest BCUT2D eigenvalue weighted by Gasteiger charge is -2.09. The zero-order valence-electron chi connectivity index (χ0n) is 9.65. The molecule has 90 valence electrons. The lowest BCUT2D eigenvalue weighted by Crippen LogP contribution is -2.10. The van der Waals surface area contributed by atoms with Gasteiger partial charge in [-0.2, -0.15) is 0 Å². The number of nitrogen functional groups attached to an aromatic ring is 1. The molecule has 0 amide bonds. The number of nitrogens with two attached hydrogens (primary N) is 1. The molecular weight excluding hydrogens is 219 g/mol. The summed E-state index contributed by atoms with van der Waals surface area (Å²) in [7, 11) is 1.94. The number of aromatic nitrogens is 2. The van der Waals surface area contributed by atoms with Crippen LogP contribution in [0.3, 0.4) is 0 Å². The predicted molar refractivity (Wildman–Crippen MR) is 66.2 cm³/mol. The van der Waals surface area contributed by atoms with E-state index >= 15 is 0 Å². The summed E-state index contributed by atoms with van der Waals surface area (Å²) in [6.07, 6.45) is 4.41. The van der Waals surface area contributed by atoms with Gasteiger partial charge in [-0.25, -0.2) is 9.37 Å². The van der Waals surface area contributed by atoms with Crippen LogP contribution in [-0.2, 0) is 13.5 Å². The van der Waals surface area contributed by atoms with Gasteiger partial charge < -0.3 is 15.6 Å². The SMILES string of the molecule is Cn1ccnc1CCNc1cccc(F)c1N. The Hall–Kier alpha value is -2.04. The lowest BCUT2D eigenvalue weighted by molar-refractivity contribution is 0.633. The highest BCUT2D eigenvalue weighted by atomic mass is 19.1. The fraction of sp³-hybridized carbons (Fsp3) is 0.250. The normalized spacial score (nSPS) is 10.5. The van der Waals surface area contributed by atoms with E-state index in [4.69, 9.17) is 5.73 Å². The molecule has 0 saturated heterocycles. The van der Waals surface area contributed by atoms with E-state index in [1.54, 1.807) is 18.3 Å². The third kappa shape index (κ3) is 2.55. The molecule has 1 aromatic carbocycles. The highest BCUT2D eigenvalue weighted by Crippen LogP contribution is 2.20. The van der Waals surface area contributed by atoms with E-state index in [0.717, 1.165) is 12.2 Å². The Morgan fingerprint density at radius 3 is 3.00 bits per heavy atom. The molecule has 0 bridgehead atoms. The average molecular weight is 234 g/mol. The maximum absolute atomic E-state index is 13.2. The Morgan fingerprint density at radius 1 is 1.47 bits per heavy atom. The first-order valence-corrected chi connectivity index (χ1v) is 5.42. The van der Waals surface area contributed by atoms with Gasteiger partial charge >= 0.3 is 0 Å². The maximum Gasteiger partial charge on any atom is 0.148 e. The average Bonchev–Trinajstić information content (AvgIpc) is 2.71. The van der Waals surface area contributed by atoms with Gasteiger partial charge in [0.05, 0.1) is 11.4 Å². The van der Waals surface area contributed by atoms with E-state index in [-0.39, 0.29) is 5.69 Å². The molecule has 5 heteroatoms. The first-order chi connectivity index (χ1) is 8.18. The smallest absolute Gasteiger partial charge is 0.148 e. The van der Waals surface area contributed by atoms with Crippen LogP contribution in [-0.4, -0.2) is 16.1 Å². The molecular formula is C12H15FN4. The minimum atomic E-state index is -0.396. The number of hydrogen-bond donors (Lipinski definition) is 2. The van der Waals surface area contributed by atoms with Crippen molar-refractivity contribution >= 4 is 11.4 Å². The third-order valence-electron chi connectivity index (χ3n) is 2.64. The van der Waals surface area contributed by atoms with Crippen molar-refractivity contribution in [3.63, 3.8) is 0 Å². The quantitative estimate of drug-likeness (QED) is 0.793. The second-order valence-corrected chi connectivity index (χ2v) is 3.83. The number of benzene rings is 1. The van der Waals surface area contributed by atoms with Crippen molar-refractivity contribution < 1.29 is 4.39 Å². The van der Waals surface area contributed by atoms with Crippen LogP contribution in [0, 0.1) is 5.82 Å². The van der Waals surface area contributed by atoms with E-state index in [2.05, 4.69) is 10.3 Å². The van der Waals surface area contributed by atoms with E-state index in [9.17, 15) is 4.39 Å². The lowest BCUT2D eigenvalue weighted by atomic mass is 10.2. The number of hydrogen-bond acceptors (Lipinski definition) is 3. The van der Waals surface area contributed by atoms with Crippen molar-refractivity contribution in [2.75, 3.05) is 17.6 Å². The van der Waals surface area contributed by atoms with Crippen LogP contribution in [0.4, 0.5) is 15.8 Å². The highest BCUT2D eigenvalue weighted by molar-refractivity contribution is 5.66. The van der Waals surface area contributed by atoms with Crippen LogP contribution in [0.15, 0.2) is 30.6 Å². The standard InChI is InChI=1S/C12H15FN4/c1-17-8-7-16-11(17)5-6-15-10-4-2-3-9(13)12(10)14/h2-4,7-8,15H,5-6,14H2,1H3. The number of para-hydroxylation sites is 1. The third-order valence-corrected chi connectivity index (χ3v) is 2.64. The number of halogens is 1. The molecule has 0 saturated carbocycles. The molecule has 3 N–H and O–H groups in total. The molecule has 0 aliphatic rings. The monoisotopic (exact) mass is 234 g/mol. The summed E-state index contributed by atoms with van der Waals surface area (Å²) in [5.74, 6) is 0.583. The van der Waals surface area contributed by atoms with Gasteiger partial charge in [-0.3, -0.25) is 0 Å². The van der Waals surface area contributed by atoms with Crippen molar-refractivity contribution in [1.82, 2.24) is 9.55 Å². The summed E-state index contributed by atoms with van der Waals surface area (Å²) in [5, 5.41) is 3.10. The summed E-state index contributed by atoms with van der Waals surface area (Å²) in [5.41, 5.74) is 6.40. The number of anilines is 2. The summed E-state index contributed by atoms with van der Waals surface area (Å²) in [6.45, 7) is 0.665. The fourth-order valence-corrected chi connectivity index (χ4v) is 1.64. The number of nitrogens with zero attached hydrogens (tertiary/aromatic N) is 2. The Labute approximate surface area is 99.3 Å². The van der Waals surface area contributed by atoms with Gasteiger partial charge in [0.15, 0.2) is 0 Å². The molecule has 2 aromatic rings. The van der Waals surface area contributed by atoms with Gasteiger partial charge in [-0.15, -0.1) is 0 Å². The second-order valence-electron chi connectivity index (χ2n) is 3.83. The van der Waals surface area contributed by atoms with E-state index < -0.39 is 5.82 Å². The maximum atomic E-state index is 13.2. The van der Waals surface area contributed by atoms with Crippen molar-refractivity contribution in [3.05, 3.63) is 42.2 Å². The number of imidazole rings is 1. The minimum Gasteiger partial charge on any atom is -0.395 e. The van der Waals surface area contributed by atoms with Gasteiger partial charge in [0, 0.05) is 32.4 Å². The minimum absolute atomic E-state index is 0.160. The Balaban J connectivity index is 1.95. The molecule has 1 heterocycles. The Bertz CT molecular complexity index is 507. The molecule has 0 unspecified atom stereocenters. The predicted octanol–water partition coefficient (Wildman–Crippen LogP) is 1.80. The van der Waals surface area contributed by atoms with Gasteiger partial charge in [0.1, 0.15) is 11.6 Å². The van der Waals surface area contributed by atoms with E-state index in [0.29, 0.717) is 12.2 Å². The molecule has 4 nitrogen and oxygen atoms in total. The van der Waals surface area contributed by atoms with Crippen LogP contribution in [0.1, 0.15) is 5.82 Å². The van der Waals surface area contributed by atoms with Gasteiger partial charge in [0.25, 0.3) is 0 Å². The topological polar surface area (TPSA) is 55.9 Å². The van der Waals surface area contributed by atoms with Crippen molar-refractivity contribution in [2.45, 2.75) is 6.42 Å². The molecule has 0 aliphatic carbocycles. The molecule has 0 spiro atoms. The van der Waals surface area contributed by atoms with Crippen LogP contribution < -0.4 is 11.1 Å². The van der Waals surface area contributed by atoms with Gasteiger partial charge in [-0.05, 0) is 12.1 Å². The molecule has 1 aromatic heterocycles. The largest absolute Gasteiger partial charge is 0.395 e. The second kappa shape index (κ2) is 4.86. The number of nitrogens with one attached hydrogen (secondary N) is 1. The molecule has 0 fully saturated rings. The first-order valence-electron chi connectivity index (χ1n) is 5.42. The zero-order valence-corrected chi connectivity index (χ0v) is 9.65. The summed E-state index contributed by atoms with van der Waals surface area (Å²) in [4.78, 5) is 4.20. The summed E-state index contributed by atoms with van der Waals surface area (Å²) in [6, 6.07) is 4.74. The fourth-order valence-electron chi connectivity index (χ4n) is 1.64. The summed E-state index contributed by atoms with van der Waals surface area (Å²) >= 11 is 0. The van der Waals surface area contributed by atoms with Crippen molar-refractivity contribution in [2.24, 2.45) is 7.05 Å². The number of rotatable bonds is 4. The van der Waals surface area contributed by atoms with Crippen LogP contribution in [0.5, 0.6) is 0 Å². The van der Waals surface area contributed by atoms with Crippen LogP contribution in [0.2, 0.25) is 0 Å². The molecule has 0 atom stereocenters. The Morgan fingerprint density at radius 2 is 2.29 bits per heavy atom.